The molecule has 0 aliphatic rings. The second-order valence-corrected chi connectivity index (χ2v) is 5.96. The van der Waals surface area contributed by atoms with E-state index in [1.54, 1.807) is 0 Å². The molecule has 0 fully saturated rings. The topological polar surface area (TPSA) is 67.4 Å². The summed E-state index contributed by atoms with van der Waals surface area (Å²) in [6.07, 6.45) is -0.741. The molecule has 0 aliphatic heterocycles. The first kappa shape index (κ1) is 18.2. The lowest BCUT2D eigenvalue weighted by molar-refractivity contribution is -0.119. The standard InChI is InChI=1S/C17H26N2O3/c1-11(2)13-6-8-14(9-7-13)16(12(3)4)18-10-15(20)19-17(21)22-5/h6-9,11-12,16,18H,10H2,1-5H3,(H,19,20,21)/t16-/m1/s1. The summed E-state index contributed by atoms with van der Waals surface area (Å²) >= 11 is 0. The van der Waals surface area contributed by atoms with E-state index in [9.17, 15) is 9.59 Å². The fourth-order valence-corrected chi connectivity index (χ4v) is 2.24. The van der Waals surface area contributed by atoms with E-state index in [4.69, 9.17) is 0 Å². The van der Waals surface area contributed by atoms with Gasteiger partial charge in [0, 0.05) is 6.04 Å². The molecule has 5 nitrogen and oxygen atoms in total. The van der Waals surface area contributed by atoms with Crippen molar-refractivity contribution in [3.8, 4) is 0 Å². The third-order valence-electron chi connectivity index (χ3n) is 3.54. The van der Waals surface area contributed by atoms with E-state index in [0.29, 0.717) is 11.8 Å². The van der Waals surface area contributed by atoms with E-state index in [1.165, 1.54) is 12.7 Å². The second-order valence-electron chi connectivity index (χ2n) is 5.96. The molecule has 1 aromatic carbocycles. The lowest BCUT2D eigenvalue weighted by atomic mass is 9.93. The third-order valence-corrected chi connectivity index (χ3v) is 3.54. The summed E-state index contributed by atoms with van der Waals surface area (Å²) in [6, 6.07) is 8.46. The maximum Gasteiger partial charge on any atom is 0.413 e. The van der Waals surface area contributed by atoms with Crippen molar-refractivity contribution in [2.24, 2.45) is 5.92 Å². The summed E-state index contributed by atoms with van der Waals surface area (Å²) in [6.45, 7) is 8.55. The van der Waals surface area contributed by atoms with E-state index in [1.807, 2.05) is 0 Å². The van der Waals surface area contributed by atoms with Crippen molar-refractivity contribution in [2.75, 3.05) is 13.7 Å². The summed E-state index contributed by atoms with van der Waals surface area (Å²) in [5.41, 5.74) is 2.42. The summed E-state index contributed by atoms with van der Waals surface area (Å²) < 4.78 is 4.40. The van der Waals surface area contributed by atoms with Crippen LogP contribution in [0.2, 0.25) is 0 Å². The zero-order chi connectivity index (χ0) is 16.7. The molecule has 0 saturated heterocycles. The minimum atomic E-state index is -0.741. The lowest BCUT2D eigenvalue weighted by Crippen LogP contribution is -2.39. The Labute approximate surface area is 132 Å². The number of alkyl carbamates (subject to hydrolysis) is 1. The molecule has 22 heavy (non-hydrogen) atoms. The number of imide groups is 1. The van der Waals surface area contributed by atoms with Crippen molar-refractivity contribution in [1.29, 1.82) is 0 Å². The van der Waals surface area contributed by atoms with E-state index in [-0.39, 0.29) is 12.6 Å². The van der Waals surface area contributed by atoms with Gasteiger partial charge in [0.2, 0.25) is 5.91 Å². The van der Waals surface area contributed by atoms with Crippen LogP contribution >= 0.6 is 0 Å². The van der Waals surface area contributed by atoms with Crippen LogP contribution in [0.15, 0.2) is 24.3 Å². The molecule has 0 aliphatic carbocycles. The fraction of sp³-hybridized carbons (Fsp3) is 0.529. The van der Waals surface area contributed by atoms with Gasteiger partial charge in [-0.25, -0.2) is 4.79 Å². The molecule has 0 radical (unpaired) electrons. The Balaban J connectivity index is 2.69. The Hall–Kier alpha value is -1.88. The fourth-order valence-electron chi connectivity index (χ4n) is 2.24. The van der Waals surface area contributed by atoms with Crippen molar-refractivity contribution >= 4 is 12.0 Å². The minimum absolute atomic E-state index is 0.0459. The molecular weight excluding hydrogens is 280 g/mol. The monoisotopic (exact) mass is 306 g/mol. The highest BCUT2D eigenvalue weighted by molar-refractivity contribution is 5.92. The van der Waals surface area contributed by atoms with Crippen LogP contribution in [-0.2, 0) is 9.53 Å². The SMILES string of the molecule is COC(=O)NC(=O)CN[C@@H](c1ccc(C(C)C)cc1)C(C)C. The minimum Gasteiger partial charge on any atom is -0.453 e. The first-order valence-electron chi connectivity index (χ1n) is 7.56. The van der Waals surface area contributed by atoms with E-state index < -0.39 is 12.0 Å². The predicted octanol–water partition coefficient (Wildman–Crippen LogP) is 2.98. The molecule has 0 unspecified atom stereocenters. The van der Waals surface area contributed by atoms with Crippen LogP contribution in [0, 0.1) is 5.92 Å². The Morgan fingerprint density at radius 1 is 1.05 bits per heavy atom. The molecule has 1 atom stereocenters. The number of hydrogen-bond donors (Lipinski definition) is 2. The molecule has 1 aromatic rings. The van der Waals surface area contributed by atoms with Crippen molar-refractivity contribution < 1.29 is 14.3 Å². The van der Waals surface area contributed by atoms with Gasteiger partial charge in [0.15, 0.2) is 0 Å². The summed E-state index contributed by atoms with van der Waals surface area (Å²) in [5, 5.41) is 5.33. The Bertz CT molecular complexity index is 495. The van der Waals surface area contributed by atoms with Gasteiger partial charge in [-0.1, -0.05) is 52.0 Å². The zero-order valence-corrected chi connectivity index (χ0v) is 14.0. The Morgan fingerprint density at radius 3 is 2.05 bits per heavy atom. The number of carbonyl (C=O) groups excluding carboxylic acids is 2. The van der Waals surface area contributed by atoms with Crippen LogP contribution < -0.4 is 10.6 Å². The van der Waals surface area contributed by atoms with Crippen LogP contribution in [0.4, 0.5) is 4.79 Å². The van der Waals surface area contributed by atoms with Gasteiger partial charge < -0.3 is 10.1 Å². The van der Waals surface area contributed by atoms with Gasteiger partial charge in [-0.05, 0) is 23.0 Å². The second kappa shape index (κ2) is 8.54. The number of ether oxygens (including phenoxy) is 1. The van der Waals surface area contributed by atoms with Gasteiger partial charge in [0.25, 0.3) is 0 Å². The number of methoxy groups -OCH3 is 1. The quantitative estimate of drug-likeness (QED) is 0.848. The number of benzene rings is 1. The maximum absolute atomic E-state index is 11.6. The van der Waals surface area contributed by atoms with Crippen LogP contribution in [0.3, 0.4) is 0 Å². The molecule has 5 heteroatoms. The number of amides is 2. The van der Waals surface area contributed by atoms with E-state index in [0.717, 1.165) is 5.56 Å². The molecular formula is C17H26N2O3. The average Bonchev–Trinajstić information content (AvgIpc) is 2.47. The molecule has 1 rings (SSSR count). The third kappa shape index (κ3) is 5.48. The Kier molecular flexibility index (Phi) is 7.05. The molecule has 0 spiro atoms. The molecule has 2 amide bonds. The van der Waals surface area contributed by atoms with Gasteiger partial charge in [-0.3, -0.25) is 10.1 Å². The van der Waals surface area contributed by atoms with E-state index in [2.05, 4.69) is 67.3 Å². The van der Waals surface area contributed by atoms with Crippen LogP contribution in [-0.4, -0.2) is 25.7 Å². The summed E-state index contributed by atoms with van der Waals surface area (Å²) in [7, 11) is 1.23. The normalized spacial score (nSPS) is 12.3. The molecule has 0 bridgehead atoms. The Morgan fingerprint density at radius 2 is 1.59 bits per heavy atom. The first-order chi connectivity index (χ1) is 10.3. The predicted molar refractivity (Wildman–Crippen MR) is 86.7 cm³/mol. The number of nitrogens with one attached hydrogen (secondary N) is 2. The van der Waals surface area contributed by atoms with Crippen molar-refractivity contribution in [1.82, 2.24) is 10.6 Å². The molecule has 2 N–H and O–H groups in total. The largest absolute Gasteiger partial charge is 0.453 e. The van der Waals surface area contributed by atoms with Crippen molar-refractivity contribution in [2.45, 2.75) is 39.7 Å². The van der Waals surface area contributed by atoms with Crippen LogP contribution in [0.5, 0.6) is 0 Å². The summed E-state index contributed by atoms with van der Waals surface area (Å²) in [4.78, 5) is 22.6. The van der Waals surface area contributed by atoms with Gasteiger partial charge in [0.05, 0.1) is 13.7 Å². The highest BCUT2D eigenvalue weighted by Gasteiger charge is 2.17. The summed E-state index contributed by atoms with van der Waals surface area (Å²) in [5.74, 6) is 0.400. The first-order valence-corrected chi connectivity index (χ1v) is 7.56. The smallest absolute Gasteiger partial charge is 0.413 e. The van der Waals surface area contributed by atoms with Crippen LogP contribution in [0.25, 0.3) is 0 Å². The maximum atomic E-state index is 11.6. The average molecular weight is 306 g/mol. The highest BCUT2D eigenvalue weighted by atomic mass is 16.5. The molecule has 0 heterocycles. The molecule has 0 saturated carbocycles. The highest BCUT2D eigenvalue weighted by Crippen LogP contribution is 2.23. The van der Waals surface area contributed by atoms with Crippen LogP contribution in [0.1, 0.15) is 50.8 Å². The van der Waals surface area contributed by atoms with Gasteiger partial charge in [0.1, 0.15) is 0 Å². The number of carbonyl (C=O) groups is 2. The molecule has 122 valence electrons. The van der Waals surface area contributed by atoms with Gasteiger partial charge in [-0.2, -0.15) is 0 Å². The van der Waals surface area contributed by atoms with E-state index >= 15 is 0 Å². The lowest BCUT2D eigenvalue weighted by Gasteiger charge is -2.23. The van der Waals surface area contributed by atoms with Gasteiger partial charge >= 0.3 is 6.09 Å². The van der Waals surface area contributed by atoms with Gasteiger partial charge in [-0.15, -0.1) is 0 Å². The number of rotatable bonds is 6. The molecule has 0 aromatic heterocycles. The zero-order valence-electron chi connectivity index (χ0n) is 14.0. The van der Waals surface area contributed by atoms with Crippen molar-refractivity contribution in [3.05, 3.63) is 35.4 Å². The van der Waals surface area contributed by atoms with Crippen molar-refractivity contribution in [3.63, 3.8) is 0 Å². The number of hydrogen-bond acceptors (Lipinski definition) is 4.